The highest BCUT2D eigenvalue weighted by molar-refractivity contribution is 5.86. The molecular formula is C17H13FN2O2. The highest BCUT2D eigenvalue weighted by Crippen LogP contribution is 2.29. The third kappa shape index (κ3) is 2.37. The van der Waals surface area contributed by atoms with Crippen molar-refractivity contribution in [1.82, 2.24) is 9.78 Å². The Bertz CT molecular complexity index is 813. The van der Waals surface area contributed by atoms with Crippen molar-refractivity contribution in [2.75, 3.05) is 7.11 Å². The molecule has 5 heteroatoms. The number of rotatable bonds is 4. The normalized spacial score (nSPS) is 10.5. The molecular weight excluding hydrogens is 283 g/mol. The molecule has 3 aromatic rings. The first-order valence-corrected chi connectivity index (χ1v) is 6.67. The van der Waals surface area contributed by atoms with Gasteiger partial charge in [-0.05, 0) is 30.3 Å². The van der Waals surface area contributed by atoms with Gasteiger partial charge in [0.2, 0.25) is 0 Å². The quantitative estimate of drug-likeness (QED) is 0.692. The summed E-state index contributed by atoms with van der Waals surface area (Å²) in [5, 5.41) is 4.24. The van der Waals surface area contributed by atoms with Crippen molar-refractivity contribution < 1.29 is 13.9 Å². The average molecular weight is 296 g/mol. The molecule has 0 aliphatic heterocycles. The van der Waals surface area contributed by atoms with Gasteiger partial charge in [0.15, 0.2) is 17.9 Å². The van der Waals surface area contributed by atoms with Gasteiger partial charge in [0.25, 0.3) is 0 Å². The number of halogens is 1. The maximum atomic E-state index is 14.0. The molecule has 4 nitrogen and oxygen atoms in total. The van der Waals surface area contributed by atoms with E-state index < -0.39 is 5.82 Å². The summed E-state index contributed by atoms with van der Waals surface area (Å²) in [6.45, 7) is 0. The minimum atomic E-state index is -0.488. The van der Waals surface area contributed by atoms with E-state index in [4.69, 9.17) is 4.74 Å². The van der Waals surface area contributed by atoms with Crippen LogP contribution in [0.25, 0.3) is 16.9 Å². The first-order chi connectivity index (χ1) is 10.7. The Morgan fingerprint density at radius 2 is 1.95 bits per heavy atom. The van der Waals surface area contributed by atoms with Gasteiger partial charge in [0.1, 0.15) is 0 Å². The van der Waals surface area contributed by atoms with E-state index in [1.54, 1.807) is 10.7 Å². The Morgan fingerprint density at radius 1 is 1.18 bits per heavy atom. The molecule has 0 spiro atoms. The Kier molecular flexibility index (Phi) is 3.70. The zero-order valence-corrected chi connectivity index (χ0v) is 11.9. The van der Waals surface area contributed by atoms with Crippen molar-refractivity contribution in [3.8, 4) is 22.7 Å². The van der Waals surface area contributed by atoms with Crippen molar-refractivity contribution in [3.63, 3.8) is 0 Å². The number of aldehydes is 1. The van der Waals surface area contributed by atoms with Crippen LogP contribution in [0.5, 0.6) is 5.75 Å². The van der Waals surface area contributed by atoms with Gasteiger partial charge in [-0.1, -0.05) is 18.2 Å². The molecule has 0 radical (unpaired) electrons. The van der Waals surface area contributed by atoms with Crippen molar-refractivity contribution in [3.05, 3.63) is 66.1 Å². The largest absolute Gasteiger partial charge is 0.494 e. The molecule has 0 unspecified atom stereocenters. The van der Waals surface area contributed by atoms with E-state index in [0.29, 0.717) is 23.1 Å². The lowest BCUT2D eigenvalue weighted by atomic mass is 10.1. The topological polar surface area (TPSA) is 44.1 Å². The molecule has 1 heterocycles. The van der Waals surface area contributed by atoms with Gasteiger partial charge in [-0.15, -0.1) is 0 Å². The number of carbonyl (C=O) groups is 1. The van der Waals surface area contributed by atoms with Crippen LogP contribution < -0.4 is 4.74 Å². The molecule has 110 valence electrons. The molecule has 0 saturated carbocycles. The summed E-state index contributed by atoms with van der Waals surface area (Å²) >= 11 is 0. The summed E-state index contributed by atoms with van der Waals surface area (Å²) in [7, 11) is 1.41. The first kappa shape index (κ1) is 14.0. The van der Waals surface area contributed by atoms with Crippen LogP contribution in [-0.2, 0) is 0 Å². The fourth-order valence-corrected chi connectivity index (χ4v) is 2.31. The molecule has 1 aromatic heterocycles. The lowest BCUT2D eigenvalue weighted by Gasteiger charge is -2.10. The SMILES string of the molecule is COc1ccc(-c2c(C=O)cnn2-c2ccccc2)cc1F. The number of benzene rings is 2. The Hall–Kier alpha value is -2.95. The van der Waals surface area contributed by atoms with Crippen LogP contribution in [0.1, 0.15) is 10.4 Å². The highest BCUT2D eigenvalue weighted by atomic mass is 19.1. The summed E-state index contributed by atoms with van der Waals surface area (Å²) in [6.07, 6.45) is 2.18. The van der Waals surface area contributed by atoms with Gasteiger partial charge in [-0.25, -0.2) is 9.07 Å². The number of hydrogen-bond acceptors (Lipinski definition) is 3. The fraction of sp³-hybridized carbons (Fsp3) is 0.0588. The van der Waals surface area contributed by atoms with E-state index >= 15 is 0 Å². The summed E-state index contributed by atoms with van der Waals surface area (Å²) in [5.74, 6) is -0.333. The monoisotopic (exact) mass is 296 g/mol. The lowest BCUT2D eigenvalue weighted by Crippen LogP contribution is -2.00. The van der Waals surface area contributed by atoms with E-state index in [1.807, 2.05) is 30.3 Å². The van der Waals surface area contributed by atoms with E-state index in [1.165, 1.54) is 25.4 Å². The third-order valence-corrected chi connectivity index (χ3v) is 3.35. The van der Waals surface area contributed by atoms with Gasteiger partial charge in [-0.2, -0.15) is 5.10 Å². The van der Waals surface area contributed by atoms with Gasteiger partial charge >= 0.3 is 0 Å². The van der Waals surface area contributed by atoms with Crippen molar-refractivity contribution in [1.29, 1.82) is 0 Å². The van der Waals surface area contributed by atoms with Crippen molar-refractivity contribution >= 4 is 6.29 Å². The maximum Gasteiger partial charge on any atom is 0.165 e. The van der Waals surface area contributed by atoms with Crippen LogP contribution in [0.4, 0.5) is 4.39 Å². The minimum absolute atomic E-state index is 0.155. The molecule has 2 aromatic carbocycles. The number of aromatic nitrogens is 2. The lowest BCUT2D eigenvalue weighted by molar-refractivity contribution is 0.112. The zero-order valence-electron chi connectivity index (χ0n) is 11.9. The summed E-state index contributed by atoms with van der Waals surface area (Å²) in [5.41, 5.74) is 2.29. The standard InChI is InChI=1S/C17H13FN2O2/c1-22-16-8-7-12(9-15(16)18)17-13(11-21)10-19-20(17)14-5-3-2-4-6-14/h2-11H,1H3. The minimum Gasteiger partial charge on any atom is -0.494 e. The molecule has 0 N–H and O–H groups in total. The van der Waals surface area contributed by atoms with Gasteiger partial charge < -0.3 is 4.74 Å². The maximum absolute atomic E-state index is 14.0. The predicted molar refractivity (Wildman–Crippen MR) is 80.9 cm³/mol. The number of ether oxygens (including phenoxy) is 1. The molecule has 0 aliphatic rings. The molecule has 22 heavy (non-hydrogen) atoms. The first-order valence-electron chi connectivity index (χ1n) is 6.67. The predicted octanol–water partition coefficient (Wildman–Crippen LogP) is 3.50. The van der Waals surface area contributed by atoms with E-state index in [-0.39, 0.29) is 5.75 Å². The Labute approximate surface area is 126 Å². The van der Waals surface area contributed by atoms with Crippen LogP contribution in [0.3, 0.4) is 0 Å². The number of nitrogens with zero attached hydrogens (tertiary/aromatic N) is 2. The number of para-hydroxylation sites is 1. The number of carbonyl (C=O) groups excluding carboxylic acids is 1. The Morgan fingerprint density at radius 3 is 2.59 bits per heavy atom. The van der Waals surface area contributed by atoms with Crippen molar-refractivity contribution in [2.24, 2.45) is 0 Å². The van der Waals surface area contributed by atoms with E-state index in [0.717, 1.165) is 5.69 Å². The van der Waals surface area contributed by atoms with Crippen LogP contribution in [0.2, 0.25) is 0 Å². The number of methoxy groups -OCH3 is 1. The second-order valence-electron chi connectivity index (χ2n) is 4.66. The van der Waals surface area contributed by atoms with E-state index in [2.05, 4.69) is 5.10 Å². The average Bonchev–Trinajstić information content (AvgIpc) is 2.99. The second-order valence-corrected chi connectivity index (χ2v) is 4.66. The number of hydrogen-bond donors (Lipinski definition) is 0. The fourth-order valence-electron chi connectivity index (χ4n) is 2.31. The molecule has 3 rings (SSSR count). The molecule has 0 saturated heterocycles. The van der Waals surface area contributed by atoms with Crippen LogP contribution >= 0.6 is 0 Å². The molecule has 0 amide bonds. The Balaban J connectivity index is 2.19. The molecule has 0 fully saturated rings. The molecule has 0 atom stereocenters. The molecule has 0 bridgehead atoms. The van der Waals surface area contributed by atoms with Crippen LogP contribution in [0, 0.1) is 5.82 Å². The van der Waals surface area contributed by atoms with Gasteiger partial charge in [0.05, 0.1) is 30.3 Å². The summed E-state index contributed by atoms with van der Waals surface area (Å²) in [4.78, 5) is 11.3. The van der Waals surface area contributed by atoms with E-state index in [9.17, 15) is 9.18 Å². The third-order valence-electron chi connectivity index (χ3n) is 3.35. The van der Waals surface area contributed by atoms with Gasteiger partial charge in [-0.3, -0.25) is 4.79 Å². The van der Waals surface area contributed by atoms with Gasteiger partial charge in [0, 0.05) is 5.56 Å². The molecule has 0 aliphatic carbocycles. The second kappa shape index (κ2) is 5.81. The highest BCUT2D eigenvalue weighted by Gasteiger charge is 2.15. The zero-order chi connectivity index (χ0) is 15.5. The van der Waals surface area contributed by atoms with Crippen LogP contribution in [0.15, 0.2) is 54.7 Å². The summed E-state index contributed by atoms with van der Waals surface area (Å²) < 4.78 is 20.5. The van der Waals surface area contributed by atoms with Crippen LogP contribution in [-0.4, -0.2) is 23.2 Å². The van der Waals surface area contributed by atoms with Crippen molar-refractivity contribution in [2.45, 2.75) is 0 Å². The smallest absolute Gasteiger partial charge is 0.165 e. The summed E-state index contributed by atoms with van der Waals surface area (Å²) in [6, 6.07) is 13.9.